The largest absolute Gasteiger partial charge is 0.493 e. The quantitative estimate of drug-likeness (QED) is 0.337. The normalized spacial score (nSPS) is 12.5. The SMILES string of the molecule is CCCOc1nc(-c2cc(F)cc(OCC(C)C)c2)ccc1C(O)NS(=O)(=O)c1cccc(N)n1. The van der Waals surface area contributed by atoms with Crippen LogP contribution in [0.15, 0.2) is 53.6 Å². The highest BCUT2D eigenvalue weighted by Gasteiger charge is 2.24. The first kappa shape index (κ1) is 26.3. The summed E-state index contributed by atoms with van der Waals surface area (Å²) < 4.78 is 53.0. The molecule has 0 radical (unpaired) electrons. The lowest BCUT2D eigenvalue weighted by atomic mass is 10.1. The second kappa shape index (κ2) is 11.4. The highest BCUT2D eigenvalue weighted by atomic mass is 32.2. The van der Waals surface area contributed by atoms with Gasteiger partial charge in [-0.3, -0.25) is 0 Å². The number of pyridine rings is 2. The van der Waals surface area contributed by atoms with E-state index in [1.165, 1.54) is 42.5 Å². The average molecular weight is 505 g/mol. The number of anilines is 1. The molecule has 4 N–H and O–H groups in total. The third-order valence-corrected chi connectivity index (χ3v) is 5.98. The molecule has 11 heteroatoms. The topological polar surface area (TPSA) is 137 Å². The highest BCUT2D eigenvalue weighted by molar-refractivity contribution is 7.89. The van der Waals surface area contributed by atoms with Crippen LogP contribution < -0.4 is 19.9 Å². The Morgan fingerprint density at radius 2 is 1.89 bits per heavy atom. The van der Waals surface area contributed by atoms with Crippen LogP contribution in [0.4, 0.5) is 10.2 Å². The third-order valence-electron chi connectivity index (χ3n) is 4.66. The molecule has 0 aliphatic heterocycles. The second-order valence-corrected chi connectivity index (χ2v) is 9.91. The molecule has 2 heterocycles. The molecule has 0 fully saturated rings. The standard InChI is InChI=1S/C24H29FN4O5S/c1-4-10-33-24-19(23(30)29-35(31,32)22-7-5-6-21(26)28-22)8-9-20(27-24)16-11-17(25)13-18(12-16)34-14-15(2)3/h5-9,11-13,15,23,29-30H,4,10,14H2,1-3H3,(H2,26,28). The number of nitrogens with one attached hydrogen (secondary N) is 1. The summed E-state index contributed by atoms with van der Waals surface area (Å²) in [5.41, 5.74) is 6.46. The zero-order valence-electron chi connectivity index (χ0n) is 19.7. The number of aliphatic hydroxyl groups excluding tert-OH is 1. The number of nitrogen functional groups attached to an aromatic ring is 1. The van der Waals surface area contributed by atoms with Crippen LogP contribution >= 0.6 is 0 Å². The molecule has 0 saturated heterocycles. The van der Waals surface area contributed by atoms with Crippen LogP contribution in [0.25, 0.3) is 11.3 Å². The fourth-order valence-electron chi connectivity index (χ4n) is 3.04. The summed E-state index contributed by atoms with van der Waals surface area (Å²) in [5.74, 6) is 0.158. The minimum absolute atomic E-state index is 0.00833. The zero-order chi connectivity index (χ0) is 25.6. The summed E-state index contributed by atoms with van der Waals surface area (Å²) in [4.78, 5) is 8.20. The molecule has 3 aromatic rings. The van der Waals surface area contributed by atoms with Crippen LogP contribution in [-0.4, -0.2) is 36.7 Å². The Morgan fingerprint density at radius 3 is 2.57 bits per heavy atom. The van der Waals surface area contributed by atoms with Crippen LogP contribution in [0.1, 0.15) is 39.0 Å². The van der Waals surface area contributed by atoms with Crippen LogP contribution in [0.3, 0.4) is 0 Å². The van der Waals surface area contributed by atoms with Gasteiger partial charge in [0.2, 0.25) is 5.88 Å². The van der Waals surface area contributed by atoms with Crippen LogP contribution in [0, 0.1) is 11.7 Å². The molecule has 1 aromatic carbocycles. The number of hydrogen-bond donors (Lipinski definition) is 3. The molecule has 0 spiro atoms. The van der Waals surface area contributed by atoms with Crippen molar-refractivity contribution in [1.29, 1.82) is 0 Å². The van der Waals surface area contributed by atoms with Gasteiger partial charge in [0.05, 0.1) is 24.5 Å². The van der Waals surface area contributed by atoms with Crippen LogP contribution in [0.2, 0.25) is 0 Å². The number of nitrogens with zero attached hydrogens (tertiary/aromatic N) is 2. The minimum atomic E-state index is -4.19. The molecule has 0 aliphatic rings. The first-order chi connectivity index (χ1) is 16.6. The molecule has 1 atom stereocenters. The van der Waals surface area contributed by atoms with Crippen molar-refractivity contribution >= 4 is 15.8 Å². The van der Waals surface area contributed by atoms with E-state index in [4.69, 9.17) is 15.2 Å². The van der Waals surface area contributed by atoms with Crippen molar-refractivity contribution in [3.63, 3.8) is 0 Å². The van der Waals surface area contributed by atoms with E-state index in [-0.39, 0.29) is 34.8 Å². The number of aliphatic hydroxyl groups is 1. The van der Waals surface area contributed by atoms with E-state index in [2.05, 4.69) is 14.7 Å². The van der Waals surface area contributed by atoms with Crippen molar-refractivity contribution in [2.75, 3.05) is 18.9 Å². The number of rotatable bonds is 11. The summed E-state index contributed by atoms with van der Waals surface area (Å²) in [6.07, 6.45) is -1.04. The summed E-state index contributed by atoms with van der Waals surface area (Å²) in [5, 5.41) is 10.3. The Morgan fingerprint density at radius 1 is 1.11 bits per heavy atom. The Balaban J connectivity index is 1.93. The Bertz CT molecular complexity index is 1270. The summed E-state index contributed by atoms with van der Waals surface area (Å²) in [6.45, 7) is 6.55. The van der Waals surface area contributed by atoms with Gasteiger partial charge in [-0.2, -0.15) is 4.72 Å². The van der Waals surface area contributed by atoms with Gasteiger partial charge in [0.25, 0.3) is 10.0 Å². The predicted molar refractivity (Wildman–Crippen MR) is 130 cm³/mol. The second-order valence-electron chi connectivity index (χ2n) is 8.24. The van der Waals surface area contributed by atoms with E-state index in [1.54, 1.807) is 6.07 Å². The van der Waals surface area contributed by atoms with Crippen molar-refractivity contribution in [3.05, 3.63) is 59.9 Å². The first-order valence-corrected chi connectivity index (χ1v) is 12.6. The van der Waals surface area contributed by atoms with E-state index in [0.29, 0.717) is 30.0 Å². The van der Waals surface area contributed by atoms with Crippen molar-refractivity contribution in [3.8, 4) is 22.9 Å². The van der Waals surface area contributed by atoms with E-state index in [0.717, 1.165) is 0 Å². The maximum Gasteiger partial charge on any atom is 0.260 e. The van der Waals surface area contributed by atoms with Crippen LogP contribution in [0.5, 0.6) is 11.6 Å². The average Bonchev–Trinajstić information content (AvgIpc) is 2.80. The number of halogens is 1. The molecule has 3 rings (SSSR count). The molecule has 0 saturated carbocycles. The Labute approximate surface area is 204 Å². The molecular weight excluding hydrogens is 475 g/mol. The van der Waals surface area contributed by atoms with Crippen molar-refractivity contribution in [1.82, 2.24) is 14.7 Å². The fourth-order valence-corrected chi connectivity index (χ4v) is 4.07. The van der Waals surface area contributed by atoms with Crippen molar-refractivity contribution < 1.29 is 27.4 Å². The summed E-state index contributed by atoms with van der Waals surface area (Å²) >= 11 is 0. The number of nitrogens with two attached hydrogens (primary N) is 1. The van der Waals surface area contributed by atoms with Gasteiger partial charge in [-0.15, -0.1) is 0 Å². The summed E-state index contributed by atoms with van der Waals surface area (Å²) in [6, 6.07) is 11.4. The number of ether oxygens (including phenoxy) is 2. The fraction of sp³-hybridized carbons (Fsp3) is 0.333. The molecule has 2 aromatic heterocycles. The maximum atomic E-state index is 14.3. The van der Waals surface area contributed by atoms with Gasteiger partial charge in [0.1, 0.15) is 23.6 Å². The lowest BCUT2D eigenvalue weighted by molar-refractivity contribution is 0.158. The summed E-state index contributed by atoms with van der Waals surface area (Å²) in [7, 11) is -4.19. The van der Waals surface area contributed by atoms with Gasteiger partial charge in [-0.25, -0.2) is 22.8 Å². The molecule has 0 aliphatic carbocycles. The smallest absolute Gasteiger partial charge is 0.260 e. The minimum Gasteiger partial charge on any atom is -0.493 e. The van der Waals surface area contributed by atoms with Crippen LogP contribution in [-0.2, 0) is 10.0 Å². The number of hydrogen-bond acceptors (Lipinski definition) is 8. The van der Waals surface area contributed by atoms with E-state index in [1.807, 2.05) is 20.8 Å². The van der Waals surface area contributed by atoms with Crippen molar-refractivity contribution in [2.24, 2.45) is 5.92 Å². The third kappa shape index (κ3) is 7.10. The van der Waals surface area contributed by atoms with Gasteiger partial charge in [-0.1, -0.05) is 26.8 Å². The van der Waals surface area contributed by atoms with Crippen molar-refractivity contribution in [2.45, 2.75) is 38.4 Å². The van der Waals surface area contributed by atoms with E-state index in [9.17, 15) is 17.9 Å². The molecular formula is C24H29FN4O5S. The molecule has 0 bridgehead atoms. The highest BCUT2D eigenvalue weighted by Crippen LogP contribution is 2.30. The first-order valence-electron chi connectivity index (χ1n) is 11.1. The Hall–Kier alpha value is -3.28. The van der Waals surface area contributed by atoms with E-state index < -0.39 is 22.1 Å². The molecule has 35 heavy (non-hydrogen) atoms. The predicted octanol–water partition coefficient (Wildman–Crippen LogP) is 3.66. The van der Waals surface area contributed by atoms with Gasteiger partial charge < -0.3 is 20.3 Å². The number of sulfonamides is 1. The molecule has 1 unspecified atom stereocenters. The van der Waals surface area contributed by atoms with Gasteiger partial charge in [0.15, 0.2) is 5.03 Å². The zero-order valence-corrected chi connectivity index (χ0v) is 20.5. The van der Waals surface area contributed by atoms with Gasteiger partial charge >= 0.3 is 0 Å². The van der Waals surface area contributed by atoms with Gasteiger partial charge in [0, 0.05) is 11.6 Å². The number of aromatic nitrogens is 2. The molecule has 0 amide bonds. The Kier molecular flexibility index (Phi) is 8.60. The van der Waals surface area contributed by atoms with E-state index >= 15 is 0 Å². The molecule has 188 valence electrons. The van der Waals surface area contributed by atoms with Gasteiger partial charge in [-0.05, 0) is 48.7 Å². The monoisotopic (exact) mass is 504 g/mol. The lowest BCUT2D eigenvalue weighted by Crippen LogP contribution is -2.29. The lowest BCUT2D eigenvalue weighted by Gasteiger charge is -2.18. The number of benzene rings is 1. The molecule has 9 nitrogen and oxygen atoms in total. The maximum absolute atomic E-state index is 14.3.